The summed E-state index contributed by atoms with van der Waals surface area (Å²) in [5, 5.41) is 0.879. The first-order chi connectivity index (χ1) is 4.72. The van der Waals surface area contributed by atoms with Gasteiger partial charge in [-0.15, -0.1) is 9.60 Å². The van der Waals surface area contributed by atoms with Crippen molar-refractivity contribution in [3.8, 4) is 0 Å². The Morgan fingerprint density at radius 1 is 1.30 bits per heavy atom. The molecule has 0 N–H and O–H groups in total. The molecular weight excluding hydrogens is 129 g/mol. The maximum atomic E-state index is 12.7. The summed E-state index contributed by atoms with van der Waals surface area (Å²) in [7, 11) is 1.53. The maximum Gasteiger partial charge on any atom is 0.0424 e. The second-order valence-electron chi connectivity index (χ2n) is 3.35. The fourth-order valence-electron chi connectivity index (χ4n) is 1.83. The topological polar surface area (TPSA) is 3.24 Å². The molecule has 0 radical (unpaired) electrons. The summed E-state index contributed by atoms with van der Waals surface area (Å²) in [6, 6.07) is 0.189. The van der Waals surface area contributed by atoms with Crippen LogP contribution >= 0.6 is 0 Å². The minimum atomic E-state index is 0.189. The Hall–Kier alpha value is -0.110. The van der Waals surface area contributed by atoms with Crippen molar-refractivity contribution >= 4 is 0 Å². The first-order valence-electron chi connectivity index (χ1n) is 4.10. The van der Waals surface area contributed by atoms with E-state index in [0.717, 1.165) is 11.5 Å². The first-order valence-corrected chi connectivity index (χ1v) is 4.10. The van der Waals surface area contributed by atoms with Gasteiger partial charge in [0.15, 0.2) is 0 Å². The van der Waals surface area contributed by atoms with E-state index in [9.17, 15) is 4.48 Å². The van der Waals surface area contributed by atoms with Crippen LogP contribution < -0.4 is 0 Å². The number of hydrogen-bond acceptors (Lipinski definition) is 1. The maximum absolute atomic E-state index is 12.7. The van der Waals surface area contributed by atoms with Crippen molar-refractivity contribution in [1.29, 1.82) is 0 Å². The van der Waals surface area contributed by atoms with E-state index in [1.807, 2.05) is 0 Å². The van der Waals surface area contributed by atoms with E-state index in [4.69, 9.17) is 0 Å². The molecule has 1 nitrogen and oxygen atoms in total. The summed E-state index contributed by atoms with van der Waals surface area (Å²) in [4.78, 5) is 0. The van der Waals surface area contributed by atoms with Crippen LogP contribution in [0.25, 0.3) is 0 Å². The van der Waals surface area contributed by atoms with Gasteiger partial charge in [0.05, 0.1) is 0 Å². The van der Waals surface area contributed by atoms with E-state index in [0.29, 0.717) is 5.92 Å². The van der Waals surface area contributed by atoms with Gasteiger partial charge in [0.2, 0.25) is 0 Å². The van der Waals surface area contributed by atoms with Crippen LogP contribution in [-0.4, -0.2) is 18.2 Å². The highest BCUT2D eigenvalue weighted by Gasteiger charge is 2.24. The van der Waals surface area contributed by atoms with Gasteiger partial charge in [0.25, 0.3) is 0 Å². The monoisotopic (exact) mass is 145 g/mol. The molecule has 1 aliphatic rings. The van der Waals surface area contributed by atoms with E-state index in [-0.39, 0.29) is 6.04 Å². The summed E-state index contributed by atoms with van der Waals surface area (Å²) < 4.78 is 12.7. The van der Waals surface area contributed by atoms with Crippen molar-refractivity contribution < 1.29 is 4.48 Å². The zero-order chi connectivity index (χ0) is 7.56. The Labute approximate surface area is 62.1 Å². The lowest BCUT2D eigenvalue weighted by atomic mass is 9.86. The Kier molecular flexibility index (Phi) is 2.66. The Morgan fingerprint density at radius 3 is 2.30 bits per heavy atom. The molecule has 1 aliphatic carbocycles. The van der Waals surface area contributed by atoms with Crippen LogP contribution in [0.4, 0.5) is 4.48 Å². The molecule has 1 fully saturated rings. The second kappa shape index (κ2) is 3.33. The summed E-state index contributed by atoms with van der Waals surface area (Å²) in [6.45, 7) is 2.14. The third kappa shape index (κ3) is 1.69. The van der Waals surface area contributed by atoms with Crippen LogP contribution in [0.2, 0.25) is 0 Å². The number of halogens is 1. The fourth-order valence-corrected chi connectivity index (χ4v) is 1.83. The molecule has 60 valence electrons. The molecule has 1 saturated carbocycles. The summed E-state index contributed by atoms with van der Waals surface area (Å²) in [5.41, 5.74) is 0. The SMILES string of the molecule is CC1CCCCC1N(C)F. The summed E-state index contributed by atoms with van der Waals surface area (Å²) >= 11 is 0. The summed E-state index contributed by atoms with van der Waals surface area (Å²) in [6.07, 6.45) is 4.71. The molecule has 0 bridgehead atoms. The van der Waals surface area contributed by atoms with Gasteiger partial charge in [-0.1, -0.05) is 19.8 Å². The van der Waals surface area contributed by atoms with Crippen molar-refractivity contribution in [3.05, 3.63) is 0 Å². The predicted molar refractivity (Wildman–Crippen MR) is 40.3 cm³/mol. The van der Waals surface area contributed by atoms with Crippen molar-refractivity contribution in [2.45, 2.75) is 38.6 Å². The minimum absolute atomic E-state index is 0.189. The molecule has 10 heavy (non-hydrogen) atoms. The Bertz CT molecular complexity index is 103. The Balaban J connectivity index is 2.40. The van der Waals surface area contributed by atoms with Crippen molar-refractivity contribution in [1.82, 2.24) is 5.12 Å². The molecule has 0 saturated heterocycles. The van der Waals surface area contributed by atoms with E-state index in [1.165, 1.54) is 26.3 Å². The molecule has 0 aromatic heterocycles. The van der Waals surface area contributed by atoms with Crippen molar-refractivity contribution in [2.75, 3.05) is 7.05 Å². The zero-order valence-corrected chi connectivity index (χ0v) is 6.81. The highest BCUT2D eigenvalue weighted by molar-refractivity contribution is 4.75. The van der Waals surface area contributed by atoms with Gasteiger partial charge in [-0.2, -0.15) is 0 Å². The van der Waals surface area contributed by atoms with E-state index in [2.05, 4.69) is 6.92 Å². The van der Waals surface area contributed by atoms with Crippen LogP contribution in [0.15, 0.2) is 0 Å². The Morgan fingerprint density at radius 2 is 1.90 bits per heavy atom. The lowest BCUT2D eigenvalue weighted by Gasteiger charge is -2.30. The predicted octanol–water partition coefficient (Wildman–Crippen LogP) is 2.38. The van der Waals surface area contributed by atoms with Crippen LogP contribution in [0.5, 0.6) is 0 Å². The van der Waals surface area contributed by atoms with Crippen LogP contribution in [0.3, 0.4) is 0 Å². The van der Waals surface area contributed by atoms with E-state index in [1.54, 1.807) is 0 Å². The molecule has 0 spiro atoms. The van der Waals surface area contributed by atoms with Gasteiger partial charge >= 0.3 is 0 Å². The number of nitrogens with zero attached hydrogens (tertiary/aromatic N) is 1. The molecule has 2 atom stereocenters. The van der Waals surface area contributed by atoms with Gasteiger partial charge in [0, 0.05) is 13.1 Å². The van der Waals surface area contributed by atoms with Crippen LogP contribution in [0.1, 0.15) is 32.6 Å². The van der Waals surface area contributed by atoms with Crippen LogP contribution in [-0.2, 0) is 0 Å². The highest BCUT2D eigenvalue weighted by atomic mass is 19.2. The second-order valence-corrected chi connectivity index (χ2v) is 3.35. The molecule has 2 unspecified atom stereocenters. The molecule has 0 heterocycles. The van der Waals surface area contributed by atoms with Gasteiger partial charge < -0.3 is 0 Å². The molecule has 0 aromatic rings. The van der Waals surface area contributed by atoms with Crippen molar-refractivity contribution in [3.63, 3.8) is 0 Å². The number of rotatable bonds is 1. The standard InChI is InChI=1S/C8H16FN/c1-7-5-3-4-6-8(7)10(2)9/h7-8H,3-6H2,1-2H3. The normalized spacial score (nSPS) is 34.8. The van der Waals surface area contributed by atoms with E-state index >= 15 is 0 Å². The molecule has 0 amide bonds. The average Bonchev–Trinajstić information content (AvgIpc) is 1.88. The smallest absolute Gasteiger partial charge is 0.0424 e. The molecule has 2 heteroatoms. The first kappa shape index (κ1) is 7.99. The lowest BCUT2D eigenvalue weighted by molar-refractivity contribution is -0.0291. The number of hydrogen-bond donors (Lipinski definition) is 0. The molecular formula is C8H16FN. The molecule has 0 aliphatic heterocycles. The van der Waals surface area contributed by atoms with Gasteiger partial charge in [-0.25, -0.2) is 0 Å². The fraction of sp³-hybridized carbons (Fsp3) is 1.00. The van der Waals surface area contributed by atoms with E-state index < -0.39 is 0 Å². The quantitative estimate of drug-likeness (QED) is 0.512. The average molecular weight is 145 g/mol. The molecule has 1 rings (SSSR count). The third-order valence-corrected chi connectivity index (χ3v) is 2.52. The summed E-state index contributed by atoms with van der Waals surface area (Å²) in [5.74, 6) is 0.545. The minimum Gasteiger partial charge on any atom is -0.146 e. The van der Waals surface area contributed by atoms with Crippen LogP contribution in [0, 0.1) is 5.92 Å². The van der Waals surface area contributed by atoms with Crippen molar-refractivity contribution in [2.24, 2.45) is 5.92 Å². The zero-order valence-electron chi connectivity index (χ0n) is 6.81. The third-order valence-electron chi connectivity index (χ3n) is 2.52. The van der Waals surface area contributed by atoms with Gasteiger partial charge in [0.1, 0.15) is 0 Å². The van der Waals surface area contributed by atoms with Gasteiger partial charge in [-0.05, 0) is 18.8 Å². The largest absolute Gasteiger partial charge is 0.146 e. The lowest BCUT2D eigenvalue weighted by Crippen LogP contribution is -2.33. The highest BCUT2D eigenvalue weighted by Crippen LogP contribution is 2.27. The van der Waals surface area contributed by atoms with Gasteiger partial charge in [-0.3, -0.25) is 0 Å². The molecule has 0 aromatic carbocycles.